The van der Waals surface area contributed by atoms with E-state index in [0.717, 1.165) is 44.8 Å². The maximum atomic E-state index is 12.5. The number of likely N-dealkylation sites (tertiary alicyclic amines) is 1. The van der Waals surface area contributed by atoms with Crippen molar-refractivity contribution >= 4 is 5.91 Å². The maximum Gasteiger partial charge on any atom is 0.263 e. The van der Waals surface area contributed by atoms with Crippen LogP contribution in [0.5, 0.6) is 5.75 Å². The third kappa shape index (κ3) is 3.27. The van der Waals surface area contributed by atoms with E-state index in [4.69, 9.17) is 9.47 Å². The second-order valence-electron chi connectivity index (χ2n) is 6.49. The Labute approximate surface area is 132 Å². The summed E-state index contributed by atoms with van der Waals surface area (Å²) < 4.78 is 11.3. The van der Waals surface area contributed by atoms with E-state index in [0.29, 0.717) is 12.0 Å². The number of benzene rings is 1. The SMILES string of the molecule is CC(C)c1ccc(O[C@@H]2CCN(C3CCOCC3)C2=O)cc1. The van der Waals surface area contributed by atoms with Crippen LogP contribution in [-0.2, 0) is 9.53 Å². The van der Waals surface area contributed by atoms with Gasteiger partial charge in [0.25, 0.3) is 5.91 Å². The Bertz CT molecular complexity index is 506. The molecule has 0 saturated carbocycles. The van der Waals surface area contributed by atoms with Crippen LogP contribution < -0.4 is 4.74 Å². The normalized spacial score (nSPS) is 23.3. The summed E-state index contributed by atoms with van der Waals surface area (Å²) in [5.74, 6) is 1.43. The average molecular weight is 303 g/mol. The Balaban J connectivity index is 1.60. The highest BCUT2D eigenvalue weighted by Crippen LogP contribution is 2.25. The second-order valence-corrected chi connectivity index (χ2v) is 6.49. The topological polar surface area (TPSA) is 38.8 Å². The van der Waals surface area contributed by atoms with Crippen LogP contribution in [-0.4, -0.2) is 42.7 Å². The quantitative estimate of drug-likeness (QED) is 0.858. The van der Waals surface area contributed by atoms with Crippen molar-refractivity contribution < 1.29 is 14.3 Å². The zero-order chi connectivity index (χ0) is 15.5. The van der Waals surface area contributed by atoms with Gasteiger partial charge >= 0.3 is 0 Å². The molecule has 0 aromatic heterocycles. The molecule has 2 fully saturated rings. The predicted octanol–water partition coefficient (Wildman–Crippen LogP) is 2.97. The summed E-state index contributed by atoms with van der Waals surface area (Å²) in [5.41, 5.74) is 1.29. The number of nitrogens with zero attached hydrogens (tertiary/aromatic N) is 1. The van der Waals surface area contributed by atoms with Crippen LogP contribution in [0.25, 0.3) is 0 Å². The van der Waals surface area contributed by atoms with Crippen molar-refractivity contribution in [1.29, 1.82) is 0 Å². The summed E-state index contributed by atoms with van der Waals surface area (Å²) in [5, 5.41) is 0. The number of ether oxygens (including phenoxy) is 2. The number of carbonyl (C=O) groups is 1. The number of hydrogen-bond donors (Lipinski definition) is 0. The molecule has 4 heteroatoms. The number of amides is 1. The molecule has 22 heavy (non-hydrogen) atoms. The van der Waals surface area contributed by atoms with E-state index < -0.39 is 0 Å². The molecule has 0 radical (unpaired) electrons. The first-order valence-electron chi connectivity index (χ1n) is 8.30. The smallest absolute Gasteiger partial charge is 0.263 e. The highest BCUT2D eigenvalue weighted by atomic mass is 16.5. The van der Waals surface area contributed by atoms with Crippen molar-refractivity contribution in [3.05, 3.63) is 29.8 Å². The summed E-state index contributed by atoms with van der Waals surface area (Å²) >= 11 is 0. The Morgan fingerprint density at radius 1 is 1.14 bits per heavy atom. The van der Waals surface area contributed by atoms with Gasteiger partial charge in [-0.05, 0) is 36.5 Å². The minimum Gasteiger partial charge on any atom is -0.481 e. The van der Waals surface area contributed by atoms with Gasteiger partial charge in [0.05, 0.1) is 0 Å². The monoisotopic (exact) mass is 303 g/mol. The van der Waals surface area contributed by atoms with E-state index in [-0.39, 0.29) is 12.0 Å². The van der Waals surface area contributed by atoms with Crippen LogP contribution >= 0.6 is 0 Å². The van der Waals surface area contributed by atoms with Gasteiger partial charge in [-0.1, -0.05) is 26.0 Å². The molecule has 1 atom stereocenters. The van der Waals surface area contributed by atoms with Crippen molar-refractivity contribution in [2.75, 3.05) is 19.8 Å². The van der Waals surface area contributed by atoms with Crippen molar-refractivity contribution in [1.82, 2.24) is 4.90 Å². The molecule has 2 aliphatic heterocycles. The fourth-order valence-electron chi connectivity index (χ4n) is 3.24. The Hall–Kier alpha value is -1.55. The fourth-order valence-corrected chi connectivity index (χ4v) is 3.24. The predicted molar refractivity (Wildman–Crippen MR) is 85.1 cm³/mol. The number of carbonyl (C=O) groups excluding carboxylic acids is 1. The van der Waals surface area contributed by atoms with Gasteiger partial charge in [-0.15, -0.1) is 0 Å². The first-order valence-corrected chi connectivity index (χ1v) is 8.30. The van der Waals surface area contributed by atoms with Crippen LogP contribution in [0, 0.1) is 0 Å². The fraction of sp³-hybridized carbons (Fsp3) is 0.611. The molecule has 1 aromatic rings. The molecule has 0 N–H and O–H groups in total. The van der Waals surface area contributed by atoms with Gasteiger partial charge in [0.1, 0.15) is 5.75 Å². The first kappa shape index (κ1) is 15.3. The molecule has 0 spiro atoms. The zero-order valence-corrected chi connectivity index (χ0v) is 13.5. The van der Waals surface area contributed by atoms with Crippen LogP contribution in [0.15, 0.2) is 24.3 Å². The van der Waals surface area contributed by atoms with Gasteiger partial charge in [0.15, 0.2) is 6.10 Å². The van der Waals surface area contributed by atoms with Crippen LogP contribution in [0.4, 0.5) is 0 Å². The van der Waals surface area contributed by atoms with Gasteiger partial charge in [-0.2, -0.15) is 0 Å². The van der Waals surface area contributed by atoms with Crippen molar-refractivity contribution in [2.45, 2.75) is 51.2 Å². The van der Waals surface area contributed by atoms with Crippen molar-refractivity contribution in [3.8, 4) is 5.75 Å². The molecule has 2 aliphatic rings. The molecular weight excluding hydrogens is 278 g/mol. The second kappa shape index (κ2) is 6.69. The van der Waals surface area contributed by atoms with Gasteiger partial charge < -0.3 is 14.4 Å². The molecule has 0 aliphatic carbocycles. The zero-order valence-electron chi connectivity index (χ0n) is 13.5. The van der Waals surface area contributed by atoms with Crippen molar-refractivity contribution in [2.24, 2.45) is 0 Å². The molecule has 1 aromatic carbocycles. The third-order valence-electron chi connectivity index (χ3n) is 4.65. The lowest BCUT2D eigenvalue weighted by Gasteiger charge is -2.31. The molecule has 120 valence electrons. The summed E-state index contributed by atoms with van der Waals surface area (Å²) in [6.07, 6.45) is 2.35. The van der Waals surface area contributed by atoms with Crippen LogP contribution in [0.1, 0.15) is 44.6 Å². The highest BCUT2D eigenvalue weighted by Gasteiger charge is 2.37. The minimum atomic E-state index is -0.326. The highest BCUT2D eigenvalue weighted by molar-refractivity contribution is 5.83. The van der Waals surface area contributed by atoms with Crippen LogP contribution in [0.2, 0.25) is 0 Å². The molecule has 0 unspecified atom stereocenters. The van der Waals surface area contributed by atoms with E-state index in [1.807, 2.05) is 17.0 Å². The standard InChI is InChI=1S/C18H25NO3/c1-13(2)14-3-5-16(6-4-14)22-17-7-10-19(18(17)20)15-8-11-21-12-9-15/h3-6,13,15,17H,7-12H2,1-2H3/t17-/m1/s1. The van der Waals surface area contributed by atoms with E-state index >= 15 is 0 Å². The van der Waals surface area contributed by atoms with E-state index in [2.05, 4.69) is 26.0 Å². The van der Waals surface area contributed by atoms with Gasteiger partial charge in [0.2, 0.25) is 0 Å². The van der Waals surface area contributed by atoms with Gasteiger partial charge in [-0.25, -0.2) is 0 Å². The average Bonchev–Trinajstić information content (AvgIpc) is 2.90. The van der Waals surface area contributed by atoms with Crippen molar-refractivity contribution in [3.63, 3.8) is 0 Å². The lowest BCUT2D eigenvalue weighted by Crippen LogP contribution is -2.42. The molecular formula is C18H25NO3. The molecule has 2 saturated heterocycles. The lowest BCUT2D eigenvalue weighted by molar-refractivity contribution is -0.136. The summed E-state index contributed by atoms with van der Waals surface area (Å²) in [6, 6.07) is 8.43. The summed E-state index contributed by atoms with van der Waals surface area (Å²) in [6.45, 7) is 6.66. The van der Waals surface area contributed by atoms with E-state index in [9.17, 15) is 4.79 Å². The minimum absolute atomic E-state index is 0.139. The molecule has 1 amide bonds. The Morgan fingerprint density at radius 2 is 1.82 bits per heavy atom. The van der Waals surface area contributed by atoms with Gasteiger partial charge in [0, 0.05) is 32.2 Å². The number of rotatable bonds is 4. The largest absolute Gasteiger partial charge is 0.481 e. The summed E-state index contributed by atoms with van der Waals surface area (Å²) in [7, 11) is 0. The van der Waals surface area contributed by atoms with Crippen LogP contribution in [0.3, 0.4) is 0 Å². The first-order chi connectivity index (χ1) is 10.6. The third-order valence-corrected chi connectivity index (χ3v) is 4.65. The molecule has 2 heterocycles. The van der Waals surface area contributed by atoms with Gasteiger partial charge in [-0.3, -0.25) is 4.79 Å². The van der Waals surface area contributed by atoms with E-state index in [1.165, 1.54) is 5.56 Å². The molecule has 4 nitrogen and oxygen atoms in total. The summed E-state index contributed by atoms with van der Waals surface area (Å²) in [4.78, 5) is 14.5. The Kier molecular flexibility index (Phi) is 4.67. The number of hydrogen-bond acceptors (Lipinski definition) is 3. The lowest BCUT2D eigenvalue weighted by atomic mass is 10.0. The van der Waals surface area contributed by atoms with E-state index in [1.54, 1.807) is 0 Å². The molecule has 0 bridgehead atoms. The molecule has 3 rings (SSSR count). The Morgan fingerprint density at radius 3 is 2.45 bits per heavy atom. The maximum absolute atomic E-state index is 12.5.